The molecule has 4 N–H and O–H groups in total. The first kappa shape index (κ1) is 19.0. The molecule has 4 heterocycles. The summed E-state index contributed by atoms with van der Waals surface area (Å²) in [5.74, 6) is 2.71. The first-order chi connectivity index (χ1) is 14.6. The zero-order chi connectivity index (χ0) is 20.7. The number of phenols is 1. The predicted molar refractivity (Wildman–Crippen MR) is 115 cm³/mol. The number of likely N-dealkylation sites (tertiary alicyclic amines) is 2. The highest BCUT2D eigenvalue weighted by atomic mass is 16.3. The molecule has 3 aliphatic heterocycles. The number of fused-ring (bicyclic) bond motifs is 1. The summed E-state index contributed by atoms with van der Waals surface area (Å²) in [6.45, 7) is 5.25. The van der Waals surface area contributed by atoms with Crippen LogP contribution >= 0.6 is 0 Å². The zero-order valence-corrected chi connectivity index (χ0v) is 17.1. The van der Waals surface area contributed by atoms with Gasteiger partial charge in [0.05, 0.1) is 18.5 Å². The van der Waals surface area contributed by atoms with Gasteiger partial charge in [-0.05, 0) is 41.7 Å². The Morgan fingerprint density at radius 2 is 1.90 bits per heavy atom. The van der Waals surface area contributed by atoms with Crippen molar-refractivity contribution in [3.8, 4) is 16.9 Å². The van der Waals surface area contributed by atoms with E-state index in [0.29, 0.717) is 11.8 Å². The Hall–Kier alpha value is -2.97. The number of aliphatic hydroxyl groups excluding tert-OH is 1. The number of hydrazine groups is 1. The quantitative estimate of drug-likeness (QED) is 0.592. The Balaban J connectivity index is 1.31. The number of hydrogen-bond donors (Lipinski definition) is 4. The van der Waals surface area contributed by atoms with E-state index in [1.165, 1.54) is 0 Å². The van der Waals surface area contributed by atoms with Crippen LogP contribution in [0, 0.1) is 11.8 Å². The summed E-state index contributed by atoms with van der Waals surface area (Å²) < 4.78 is 0. The third-order valence-electron chi connectivity index (χ3n) is 6.45. The summed E-state index contributed by atoms with van der Waals surface area (Å²) in [4.78, 5) is 4.81. The number of nitrogens with zero attached hydrogens (tertiary/aromatic N) is 4. The lowest BCUT2D eigenvalue weighted by Crippen LogP contribution is -2.42. The highest BCUT2D eigenvalue weighted by Gasteiger charge is 2.41. The minimum absolute atomic E-state index is 0.234. The highest BCUT2D eigenvalue weighted by molar-refractivity contribution is 5.75. The monoisotopic (exact) mass is 408 g/mol. The summed E-state index contributed by atoms with van der Waals surface area (Å²) in [6.07, 6.45) is 7.71. The van der Waals surface area contributed by atoms with Crippen molar-refractivity contribution in [2.75, 3.05) is 46.4 Å². The van der Waals surface area contributed by atoms with Crippen LogP contribution in [-0.4, -0.2) is 81.6 Å². The second-order valence-electron chi connectivity index (χ2n) is 8.40. The van der Waals surface area contributed by atoms with Crippen LogP contribution in [0.1, 0.15) is 5.56 Å². The molecule has 0 radical (unpaired) electrons. The van der Waals surface area contributed by atoms with E-state index in [9.17, 15) is 10.2 Å². The van der Waals surface area contributed by atoms with E-state index >= 15 is 0 Å². The normalized spacial score (nSPS) is 23.9. The second-order valence-corrected chi connectivity index (χ2v) is 8.40. The molecule has 2 fully saturated rings. The van der Waals surface area contributed by atoms with Crippen LogP contribution in [-0.2, 0) is 0 Å². The summed E-state index contributed by atoms with van der Waals surface area (Å²) in [5, 5.41) is 28.6. The molecule has 8 nitrogen and oxygen atoms in total. The Labute approximate surface area is 176 Å². The molecule has 0 saturated carbocycles. The molecule has 2 saturated heterocycles. The van der Waals surface area contributed by atoms with Gasteiger partial charge in [-0.15, -0.1) is 0 Å². The molecule has 0 aliphatic carbocycles. The number of allylic oxidation sites excluding steroid dienone is 2. The Morgan fingerprint density at radius 1 is 1.10 bits per heavy atom. The second kappa shape index (κ2) is 7.70. The van der Waals surface area contributed by atoms with Crippen LogP contribution < -0.4 is 5.43 Å². The van der Waals surface area contributed by atoms with Crippen molar-refractivity contribution in [1.82, 2.24) is 30.4 Å². The van der Waals surface area contributed by atoms with E-state index in [0.717, 1.165) is 60.9 Å². The lowest BCUT2D eigenvalue weighted by molar-refractivity contribution is 0.189. The van der Waals surface area contributed by atoms with Crippen molar-refractivity contribution in [2.45, 2.75) is 0 Å². The third kappa shape index (κ3) is 3.42. The Bertz CT molecular complexity index is 956. The molecule has 5 rings (SSSR count). The van der Waals surface area contributed by atoms with E-state index in [2.05, 4.69) is 31.5 Å². The number of H-pyrrole nitrogens is 1. The van der Waals surface area contributed by atoms with E-state index in [4.69, 9.17) is 0 Å². The average Bonchev–Trinajstić information content (AvgIpc) is 3.45. The number of aliphatic hydroxyl groups is 1. The van der Waals surface area contributed by atoms with Crippen LogP contribution in [0.5, 0.6) is 5.75 Å². The lowest BCUT2D eigenvalue weighted by atomic mass is 10.0. The van der Waals surface area contributed by atoms with Crippen LogP contribution in [0.15, 0.2) is 48.6 Å². The van der Waals surface area contributed by atoms with Gasteiger partial charge in [-0.2, -0.15) is 5.10 Å². The van der Waals surface area contributed by atoms with E-state index in [1.807, 2.05) is 36.5 Å². The molecular weight excluding hydrogens is 380 g/mol. The molecule has 30 heavy (non-hydrogen) atoms. The molecular formula is C22H28N6O2. The van der Waals surface area contributed by atoms with Crippen molar-refractivity contribution < 1.29 is 10.2 Å². The smallest absolute Gasteiger partial charge is 0.125 e. The van der Waals surface area contributed by atoms with Gasteiger partial charge in [0.25, 0.3) is 0 Å². The van der Waals surface area contributed by atoms with Gasteiger partial charge < -0.3 is 20.0 Å². The number of phenolic OH excluding ortho intramolecular Hbond substituents is 1. The first-order valence-electron chi connectivity index (χ1n) is 10.5. The van der Waals surface area contributed by atoms with Gasteiger partial charge in [0, 0.05) is 57.1 Å². The average molecular weight is 409 g/mol. The maximum atomic E-state index is 10.6. The number of aromatic hydroxyl groups is 1. The lowest BCUT2D eigenvalue weighted by Gasteiger charge is -2.35. The number of benzene rings is 1. The van der Waals surface area contributed by atoms with Crippen molar-refractivity contribution in [2.24, 2.45) is 11.8 Å². The van der Waals surface area contributed by atoms with Gasteiger partial charge in [-0.1, -0.05) is 6.07 Å². The van der Waals surface area contributed by atoms with E-state index in [1.54, 1.807) is 12.3 Å². The van der Waals surface area contributed by atoms with Gasteiger partial charge in [0.15, 0.2) is 0 Å². The molecule has 1 aromatic heterocycles. The van der Waals surface area contributed by atoms with Crippen LogP contribution in [0.3, 0.4) is 0 Å². The van der Waals surface area contributed by atoms with Crippen molar-refractivity contribution in [1.29, 1.82) is 0 Å². The maximum absolute atomic E-state index is 10.6. The molecule has 3 aliphatic rings. The SMILES string of the molecule is CN1NC(c2ccc(-c3cn[nH]c3)cc2O)=CC=C1N1C[C@H]2CN(CCO)C[C@H]2C1. The Morgan fingerprint density at radius 3 is 2.53 bits per heavy atom. The van der Waals surface area contributed by atoms with Gasteiger partial charge in [-0.25, -0.2) is 0 Å². The topological polar surface area (TPSA) is 90.9 Å². The number of nitrogens with one attached hydrogen (secondary N) is 2. The largest absolute Gasteiger partial charge is 0.507 e. The van der Waals surface area contributed by atoms with Crippen molar-refractivity contribution in [3.05, 3.63) is 54.1 Å². The highest BCUT2D eigenvalue weighted by Crippen LogP contribution is 2.35. The van der Waals surface area contributed by atoms with Gasteiger partial charge >= 0.3 is 0 Å². The summed E-state index contributed by atoms with van der Waals surface area (Å²) in [5.41, 5.74) is 6.91. The molecule has 0 bridgehead atoms. The van der Waals surface area contributed by atoms with Gasteiger partial charge in [0.2, 0.25) is 0 Å². The number of aromatic nitrogens is 2. The third-order valence-corrected chi connectivity index (χ3v) is 6.45. The van der Waals surface area contributed by atoms with Crippen molar-refractivity contribution >= 4 is 5.70 Å². The van der Waals surface area contributed by atoms with Crippen LogP contribution in [0.25, 0.3) is 16.8 Å². The van der Waals surface area contributed by atoms with Crippen LogP contribution in [0.2, 0.25) is 0 Å². The maximum Gasteiger partial charge on any atom is 0.125 e. The van der Waals surface area contributed by atoms with Gasteiger partial charge in [0.1, 0.15) is 11.6 Å². The molecule has 1 aromatic carbocycles. The molecule has 2 aromatic rings. The molecule has 0 spiro atoms. The molecule has 0 amide bonds. The number of aromatic amines is 1. The molecule has 158 valence electrons. The number of hydrogen-bond acceptors (Lipinski definition) is 7. The van der Waals surface area contributed by atoms with E-state index in [-0.39, 0.29) is 12.4 Å². The minimum Gasteiger partial charge on any atom is -0.507 e. The minimum atomic E-state index is 0.234. The predicted octanol–water partition coefficient (Wildman–Crippen LogP) is 1.27. The molecule has 0 unspecified atom stereocenters. The standard InChI is InChI=1S/C22H28N6O2/c1-26-22(28-13-17-11-27(6-7-29)12-18(17)14-28)5-4-20(25-26)19-3-2-15(8-21(19)30)16-9-23-24-10-16/h2-5,8-10,17-18,25,29-30H,6-7,11-14H2,1H3,(H,23,24)/t17-,18+. The van der Waals surface area contributed by atoms with Crippen LogP contribution in [0.4, 0.5) is 0 Å². The zero-order valence-electron chi connectivity index (χ0n) is 17.1. The Kier molecular flexibility index (Phi) is 4.88. The van der Waals surface area contributed by atoms with E-state index < -0.39 is 0 Å². The first-order valence-corrected chi connectivity index (χ1v) is 10.5. The molecule has 8 heteroatoms. The summed E-state index contributed by atoms with van der Waals surface area (Å²) >= 11 is 0. The number of β-amino-alcohol motifs (C(OH)–C–C–N with tert-alkyl or cyclic N) is 1. The van der Waals surface area contributed by atoms with Gasteiger partial charge in [-0.3, -0.25) is 15.5 Å². The fraction of sp³-hybridized carbons (Fsp3) is 0.409. The van der Waals surface area contributed by atoms with Crippen molar-refractivity contribution in [3.63, 3.8) is 0 Å². The fourth-order valence-electron chi connectivity index (χ4n) is 4.96. The summed E-state index contributed by atoms with van der Waals surface area (Å²) in [6, 6.07) is 5.68. The summed E-state index contributed by atoms with van der Waals surface area (Å²) in [7, 11) is 2.02. The number of rotatable bonds is 5. The molecule has 2 atom stereocenters. The fourth-order valence-corrected chi connectivity index (χ4v) is 4.96.